The Morgan fingerprint density at radius 2 is 2.12 bits per heavy atom. The first-order valence-electron chi connectivity index (χ1n) is 9.93. The van der Waals surface area contributed by atoms with Crippen molar-refractivity contribution in [2.75, 3.05) is 26.1 Å². The van der Waals surface area contributed by atoms with Crippen LogP contribution in [0.5, 0.6) is 11.5 Å². The van der Waals surface area contributed by atoms with Gasteiger partial charge in [0.15, 0.2) is 11.5 Å². The van der Waals surface area contributed by atoms with Crippen LogP contribution in [0, 0.1) is 11.3 Å². The van der Waals surface area contributed by atoms with Crippen LogP contribution >= 0.6 is 11.8 Å². The molecule has 2 rings (SSSR count). The Kier molecular flexibility index (Phi) is 9.22. The molecule has 0 aromatic heterocycles. The Labute approximate surface area is 191 Å². The van der Waals surface area contributed by atoms with E-state index < -0.39 is 17.9 Å². The highest BCUT2D eigenvalue weighted by atomic mass is 32.2. The van der Waals surface area contributed by atoms with Gasteiger partial charge in [0.25, 0.3) is 0 Å². The summed E-state index contributed by atoms with van der Waals surface area (Å²) in [6.07, 6.45) is 2.16. The molecular weight excluding hydrogens is 432 g/mol. The van der Waals surface area contributed by atoms with Crippen molar-refractivity contribution in [1.82, 2.24) is 5.32 Å². The number of rotatable bonds is 10. The second kappa shape index (κ2) is 11.9. The topological polar surface area (TPSA) is 118 Å². The summed E-state index contributed by atoms with van der Waals surface area (Å²) in [5.41, 5.74) is 1.52. The predicted molar refractivity (Wildman–Crippen MR) is 121 cm³/mol. The fourth-order valence-electron chi connectivity index (χ4n) is 3.11. The molecule has 1 aliphatic rings. The van der Waals surface area contributed by atoms with Crippen LogP contribution < -0.4 is 10.1 Å². The van der Waals surface area contributed by atoms with Crippen molar-refractivity contribution < 1.29 is 28.9 Å². The minimum atomic E-state index is -0.790. The summed E-state index contributed by atoms with van der Waals surface area (Å²) in [5.74, 6) is -1.66. The lowest BCUT2D eigenvalue weighted by Crippen LogP contribution is -2.29. The van der Waals surface area contributed by atoms with E-state index in [-0.39, 0.29) is 35.0 Å². The van der Waals surface area contributed by atoms with Crippen LogP contribution in [0.1, 0.15) is 31.7 Å². The molecule has 0 fully saturated rings. The summed E-state index contributed by atoms with van der Waals surface area (Å²) < 4.78 is 15.6. The van der Waals surface area contributed by atoms with Gasteiger partial charge in [0.05, 0.1) is 47.6 Å². The summed E-state index contributed by atoms with van der Waals surface area (Å²) in [7, 11) is 1.41. The summed E-state index contributed by atoms with van der Waals surface area (Å²) >= 11 is 1.12. The number of nitriles is 1. The van der Waals surface area contributed by atoms with Gasteiger partial charge in [0.1, 0.15) is 6.61 Å². The molecule has 1 aromatic rings. The highest BCUT2D eigenvalue weighted by molar-refractivity contribution is 8.03. The zero-order valence-corrected chi connectivity index (χ0v) is 19.1. The number of dihydropyridines is 1. The Morgan fingerprint density at radius 1 is 1.38 bits per heavy atom. The molecule has 0 bridgehead atoms. The van der Waals surface area contributed by atoms with Gasteiger partial charge in [-0.2, -0.15) is 5.26 Å². The number of carbonyl (C=O) groups excluding carboxylic acids is 2. The number of thioether (sulfide) groups is 1. The number of aromatic hydroxyl groups is 1. The van der Waals surface area contributed by atoms with Crippen molar-refractivity contribution in [2.45, 2.75) is 26.2 Å². The maximum atomic E-state index is 12.9. The molecule has 1 heterocycles. The third kappa shape index (κ3) is 5.86. The molecule has 0 unspecified atom stereocenters. The number of carbonyl (C=O) groups is 2. The molecule has 1 aromatic carbocycles. The number of phenolic OH excluding ortho intramolecular Hbond substituents is 1. The maximum absolute atomic E-state index is 12.9. The van der Waals surface area contributed by atoms with Crippen molar-refractivity contribution in [1.29, 1.82) is 5.26 Å². The van der Waals surface area contributed by atoms with Gasteiger partial charge in [-0.05, 0) is 31.0 Å². The van der Waals surface area contributed by atoms with Crippen LogP contribution in [-0.2, 0) is 19.1 Å². The van der Waals surface area contributed by atoms with Crippen LogP contribution in [0.3, 0.4) is 0 Å². The normalized spacial score (nSPS) is 15.5. The first-order chi connectivity index (χ1) is 15.4. The Balaban J connectivity index is 2.52. The van der Waals surface area contributed by atoms with Crippen LogP contribution in [-0.4, -0.2) is 43.1 Å². The second-order valence-corrected chi connectivity index (χ2v) is 7.76. The average molecular weight is 459 g/mol. The maximum Gasteiger partial charge on any atom is 0.337 e. The van der Waals surface area contributed by atoms with Crippen LogP contribution in [0.4, 0.5) is 0 Å². The molecule has 0 saturated heterocycles. The Morgan fingerprint density at radius 3 is 2.75 bits per heavy atom. The van der Waals surface area contributed by atoms with Crippen molar-refractivity contribution in [3.05, 3.63) is 58.3 Å². The molecule has 0 spiro atoms. The molecule has 170 valence electrons. The van der Waals surface area contributed by atoms with Crippen molar-refractivity contribution in [2.24, 2.45) is 0 Å². The quantitative estimate of drug-likeness (QED) is 0.401. The number of phenols is 1. The Hall–Kier alpha value is -3.38. The summed E-state index contributed by atoms with van der Waals surface area (Å²) in [6, 6.07) is 6.77. The molecule has 0 aliphatic carbocycles. The van der Waals surface area contributed by atoms with Gasteiger partial charge in [-0.25, -0.2) is 4.79 Å². The number of methoxy groups -OCH3 is 1. The van der Waals surface area contributed by atoms with E-state index in [0.717, 1.165) is 11.8 Å². The van der Waals surface area contributed by atoms with E-state index in [0.29, 0.717) is 29.3 Å². The summed E-state index contributed by atoms with van der Waals surface area (Å²) in [5, 5.41) is 23.5. The van der Waals surface area contributed by atoms with Gasteiger partial charge in [-0.3, -0.25) is 4.79 Å². The number of nitrogens with zero attached hydrogens (tertiary/aromatic N) is 1. The van der Waals surface area contributed by atoms with E-state index in [1.807, 2.05) is 6.92 Å². The van der Waals surface area contributed by atoms with Crippen LogP contribution in [0.25, 0.3) is 0 Å². The van der Waals surface area contributed by atoms with Gasteiger partial charge >= 0.3 is 11.9 Å². The summed E-state index contributed by atoms with van der Waals surface area (Å²) in [6.45, 7) is 7.48. The molecule has 2 N–H and O–H groups in total. The lowest BCUT2D eigenvalue weighted by Gasteiger charge is -2.29. The SMILES string of the molecule is C=CCOC(=O)C1=C(C)NC(SCC(=O)OCCC)=C(C#N)[C@@H]1c1ccc(O)c(OC)c1. The molecule has 8 nitrogen and oxygen atoms in total. The van der Waals surface area contributed by atoms with Gasteiger partial charge in [0, 0.05) is 5.70 Å². The zero-order valence-electron chi connectivity index (χ0n) is 18.3. The molecule has 0 saturated carbocycles. The van der Waals surface area contributed by atoms with Gasteiger partial charge in [-0.15, -0.1) is 0 Å². The van der Waals surface area contributed by atoms with Gasteiger partial charge < -0.3 is 24.6 Å². The molecule has 0 amide bonds. The van der Waals surface area contributed by atoms with E-state index in [4.69, 9.17) is 14.2 Å². The van der Waals surface area contributed by atoms with Gasteiger partial charge in [-0.1, -0.05) is 37.4 Å². The zero-order chi connectivity index (χ0) is 23.7. The average Bonchev–Trinajstić information content (AvgIpc) is 2.79. The number of ether oxygens (including phenoxy) is 3. The first kappa shape index (κ1) is 24.9. The number of benzene rings is 1. The highest BCUT2D eigenvalue weighted by Crippen LogP contribution is 2.43. The highest BCUT2D eigenvalue weighted by Gasteiger charge is 2.36. The van der Waals surface area contributed by atoms with E-state index in [1.54, 1.807) is 19.1 Å². The lowest BCUT2D eigenvalue weighted by atomic mass is 9.82. The summed E-state index contributed by atoms with van der Waals surface area (Å²) in [4.78, 5) is 24.8. The number of hydrogen-bond donors (Lipinski definition) is 2. The first-order valence-corrected chi connectivity index (χ1v) is 10.9. The molecule has 1 atom stereocenters. The number of allylic oxidation sites excluding steroid dienone is 2. The fourth-order valence-corrected chi connectivity index (χ4v) is 3.99. The van der Waals surface area contributed by atoms with Crippen LogP contribution in [0.2, 0.25) is 0 Å². The number of nitrogens with one attached hydrogen (secondary N) is 1. The lowest BCUT2D eigenvalue weighted by molar-refractivity contribution is -0.140. The van der Waals surface area contributed by atoms with E-state index >= 15 is 0 Å². The van der Waals surface area contributed by atoms with Crippen molar-refractivity contribution in [3.63, 3.8) is 0 Å². The predicted octanol–water partition coefficient (Wildman–Crippen LogP) is 3.51. The van der Waals surface area contributed by atoms with E-state index in [9.17, 15) is 20.0 Å². The van der Waals surface area contributed by atoms with E-state index in [1.165, 1.54) is 19.3 Å². The third-order valence-corrected chi connectivity index (χ3v) is 5.53. The molecule has 0 radical (unpaired) electrons. The number of hydrogen-bond acceptors (Lipinski definition) is 9. The molecular formula is C23H26N2O6S. The third-order valence-electron chi connectivity index (χ3n) is 4.54. The largest absolute Gasteiger partial charge is 0.504 e. The fraction of sp³-hybridized carbons (Fsp3) is 0.348. The smallest absolute Gasteiger partial charge is 0.337 e. The van der Waals surface area contributed by atoms with E-state index in [2.05, 4.69) is 18.0 Å². The Bertz CT molecular complexity index is 993. The second-order valence-electron chi connectivity index (χ2n) is 6.78. The monoisotopic (exact) mass is 458 g/mol. The van der Waals surface area contributed by atoms with Crippen molar-refractivity contribution >= 4 is 23.7 Å². The molecule has 1 aliphatic heterocycles. The minimum Gasteiger partial charge on any atom is -0.504 e. The minimum absolute atomic E-state index is 0.00264. The van der Waals surface area contributed by atoms with Gasteiger partial charge in [0.2, 0.25) is 0 Å². The number of esters is 2. The van der Waals surface area contributed by atoms with Crippen molar-refractivity contribution in [3.8, 4) is 17.6 Å². The molecule has 32 heavy (non-hydrogen) atoms. The standard InChI is InChI=1S/C23H26N2O6S/c1-5-9-30-19(27)13-32-22-16(12-24)21(15-7-8-17(26)18(11-15)29-4)20(14(3)25-22)23(28)31-10-6-2/h6-8,11,21,25-26H,2,5,9-10,13H2,1,3-4H3/t21-/m0/s1. The van der Waals surface area contributed by atoms with Crippen LogP contribution in [0.15, 0.2) is 52.7 Å². The molecule has 9 heteroatoms.